The zero-order chi connectivity index (χ0) is 20.1. The lowest BCUT2D eigenvalue weighted by atomic mass is 10.0. The number of pyridine rings is 1. The topological polar surface area (TPSA) is 91.6 Å². The molecule has 0 saturated carbocycles. The highest BCUT2D eigenvalue weighted by Gasteiger charge is 2.27. The third-order valence-corrected chi connectivity index (χ3v) is 5.09. The number of carbonyl (C=O) groups excluding carboxylic acids is 2. The van der Waals surface area contributed by atoms with E-state index in [1.807, 2.05) is 4.90 Å². The van der Waals surface area contributed by atoms with E-state index in [4.69, 9.17) is 5.73 Å². The molecule has 2 aromatic rings. The first-order valence-corrected chi connectivity index (χ1v) is 9.55. The predicted molar refractivity (Wildman–Crippen MR) is 109 cm³/mol. The molecule has 1 aromatic carbocycles. The van der Waals surface area contributed by atoms with Crippen molar-refractivity contribution in [1.29, 1.82) is 0 Å². The molecule has 1 aromatic heterocycles. The molecule has 1 atom stereocenters. The van der Waals surface area contributed by atoms with Gasteiger partial charge in [0.05, 0.1) is 0 Å². The van der Waals surface area contributed by atoms with Crippen molar-refractivity contribution in [3.8, 4) is 0 Å². The molecular formula is C21H27N5O2. The van der Waals surface area contributed by atoms with Crippen molar-refractivity contribution in [2.24, 2.45) is 5.73 Å². The molecule has 0 bridgehead atoms. The summed E-state index contributed by atoms with van der Waals surface area (Å²) in [6, 6.07) is 10.1. The molecule has 1 aliphatic rings. The number of amides is 2. The van der Waals surface area contributed by atoms with Crippen LogP contribution in [-0.4, -0.2) is 58.8 Å². The maximum atomic E-state index is 12.7. The van der Waals surface area contributed by atoms with Gasteiger partial charge in [-0.05, 0) is 43.7 Å². The highest BCUT2D eigenvalue weighted by atomic mass is 16.2. The largest absolute Gasteiger partial charge is 0.338 e. The molecule has 148 valence electrons. The van der Waals surface area contributed by atoms with Crippen molar-refractivity contribution in [3.63, 3.8) is 0 Å². The zero-order valence-electron chi connectivity index (χ0n) is 16.3. The fraction of sp³-hybridized carbons (Fsp3) is 0.381. The molecule has 0 spiro atoms. The number of nitrogens with two attached hydrogens (primary N) is 1. The molecule has 1 unspecified atom stereocenters. The van der Waals surface area contributed by atoms with Crippen molar-refractivity contribution in [1.82, 2.24) is 14.8 Å². The number of hydrogen-bond donors (Lipinski definition) is 2. The van der Waals surface area contributed by atoms with E-state index >= 15 is 0 Å². The molecule has 1 aliphatic heterocycles. The summed E-state index contributed by atoms with van der Waals surface area (Å²) in [5.74, 6) is -0.292. The minimum Gasteiger partial charge on any atom is -0.338 e. The van der Waals surface area contributed by atoms with E-state index in [1.54, 1.807) is 48.8 Å². The number of aromatic nitrogens is 1. The molecule has 3 N–H and O–H groups in total. The number of benzene rings is 1. The Labute approximate surface area is 165 Å². The van der Waals surface area contributed by atoms with Crippen molar-refractivity contribution >= 4 is 17.5 Å². The lowest BCUT2D eigenvalue weighted by molar-refractivity contribution is -0.134. The summed E-state index contributed by atoms with van der Waals surface area (Å²) in [4.78, 5) is 33.2. The Bertz CT molecular complexity index is 799. The van der Waals surface area contributed by atoms with Gasteiger partial charge in [-0.3, -0.25) is 19.5 Å². The number of nitrogens with zero attached hydrogens (tertiary/aromatic N) is 3. The van der Waals surface area contributed by atoms with Gasteiger partial charge in [-0.15, -0.1) is 0 Å². The Morgan fingerprint density at radius 2 is 1.61 bits per heavy atom. The summed E-state index contributed by atoms with van der Waals surface area (Å²) in [7, 11) is 0. The highest BCUT2D eigenvalue weighted by Crippen LogP contribution is 2.17. The molecule has 0 radical (unpaired) electrons. The van der Waals surface area contributed by atoms with Gasteiger partial charge in [-0.2, -0.15) is 0 Å². The average Bonchev–Trinajstić information content (AvgIpc) is 2.73. The van der Waals surface area contributed by atoms with Crippen molar-refractivity contribution < 1.29 is 9.59 Å². The van der Waals surface area contributed by atoms with E-state index in [9.17, 15) is 9.59 Å². The van der Waals surface area contributed by atoms with Gasteiger partial charge < -0.3 is 16.0 Å². The van der Waals surface area contributed by atoms with Crippen LogP contribution in [0.25, 0.3) is 0 Å². The standard InChI is InChI=1S/C21H27N5O2/c1-15(2)25-11-13-26(14-12-25)21(28)19(22)16-3-5-17(6-4-16)20(27)24-18-7-9-23-10-8-18/h3-10,15,19H,11-14,22H2,1-2H3,(H,23,24,27). The third kappa shape index (κ3) is 4.74. The van der Waals surface area contributed by atoms with E-state index in [0.29, 0.717) is 35.9 Å². The van der Waals surface area contributed by atoms with Gasteiger partial charge in [0, 0.05) is 55.9 Å². The SMILES string of the molecule is CC(C)N1CCN(C(=O)C(N)c2ccc(C(=O)Nc3ccncc3)cc2)CC1. The van der Waals surface area contributed by atoms with Gasteiger partial charge in [0.1, 0.15) is 6.04 Å². The minimum atomic E-state index is -0.720. The van der Waals surface area contributed by atoms with E-state index in [-0.39, 0.29) is 11.8 Å². The molecule has 0 aliphatic carbocycles. The number of anilines is 1. The number of hydrogen-bond acceptors (Lipinski definition) is 5. The Balaban J connectivity index is 1.59. The lowest BCUT2D eigenvalue weighted by Gasteiger charge is -2.37. The first-order chi connectivity index (χ1) is 13.5. The zero-order valence-corrected chi connectivity index (χ0v) is 16.3. The molecule has 7 heteroatoms. The second-order valence-electron chi connectivity index (χ2n) is 7.24. The first kappa shape index (κ1) is 20.0. The second-order valence-corrected chi connectivity index (χ2v) is 7.24. The van der Waals surface area contributed by atoms with Crippen LogP contribution >= 0.6 is 0 Å². The summed E-state index contributed by atoms with van der Waals surface area (Å²) < 4.78 is 0. The van der Waals surface area contributed by atoms with Crippen molar-refractivity contribution in [2.75, 3.05) is 31.5 Å². The third-order valence-electron chi connectivity index (χ3n) is 5.09. The Kier molecular flexibility index (Phi) is 6.38. The van der Waals surface area contributed by atoms with E-state index in [1.165, 1.54) is 0 Å². The van der Waals surface area contributed by atoms with Crippen LogP contribution in [0.15, 0.2) is 48.8 Å². The fourth-order valence-corrected chi connectivity index (χ4v) is 3.28. The van der Waals surface area contributed by atoms with Crippen LogP contribution in [0, 0.1) is 0 Å². The van der Waals surface area contributed by atoms with Gasteiger partial charge >= 0.3 is 0 Å². The monoisotopic (exact) mass is 381 g/mol. The summed E-state index contributed by atoms with van der Waals surface area (Å²) >= 11 is 0. The first-order valence-electron chi connectivity index (χ1n) is 9.55. The molecule has 1 fully saturated rings. The van der Waals surface area contributed by atoms with Gasteiger partial charge in [0.25, 0.3) is 5.91 Å². The molecule has 7 nitrogen and oxygen atoms in total. The summed E-state index contributed by atoms with van der Waals surface area (Å²) in [5, 5.41) is 2.80. The second kappa shape index (κ2) is 8.95. The van der Waals surface area contributed by atoms with Gasteiger partial charge in [-0.25, -0.2) is 0 Å². The van der Waals surface area contributed by atoms with Crippen LogP contribution in [0.3, 0.4) is 0 Å². The van der Waals surface area contributed by atoms with Crippen LogP contribution in [-0.2, 0) is 4.79 Å². The predicted octanol–water partition coefficient (Wildman–Crippen LogP) is 1.89. The minimum absolute atomic E-state index is 0.0719. The van der Waals surface area contributed by atoms with Gasteiger partial charge in [-0.1, -0.05) is 12.1 Å². The molecular weight excluding hydrogens is 354 g/mol. The number of rotatable bonds is 5. The average molecular weight is 381 g/mol. The van der Waals surface area contributed by atoms with E-state index in [0.717, 1.165) is 13.1 Å². The highest BCUT2D eigenvalue weighted by molar-refractivity contribution is 6.04. The molecule has 2 amide bonds. The Morgan fingerprint density at radius 3 is 2.18 bits per heavy atom. The number of piperazine rings is 1. The fourth-order valence-electron chi connectivity index (χ4n) is 3.28. The van der Waals surface area contributed by atoms with Crippen LogP contribution in [0.5, 0.6) is 0 Å². The quantitative estimate of drug-likeness (QED) is 0.825. The van der Waals surface area contributed by atoms with Crippen LogP contribution < -0.4 is 11.1 Å². The summed E-state index contributed by atoms with van der Waals surface area (Å²) in [6.45, 7) is 7.44. The molecule has 28 heavy (non-hydrogen) atoms. The molecule has 3 rings (SSSR count). The van der Waals surface area contributed by atoms with E-state index < -0.39 is 6.04 Å². The van der Waals surface area contributed by atoms with Crippen molar-refractivity contribution in [3.05, 3.63) is 59.9 Å². The molecule has 1 saturated heterocycles. The summed E-state index contributed by atoms with van der Waals surface area (Å²) in [5.41, 5.74) is 8.09. The van der Waals surface area contributed by atoms with Crippen LogP contribution in [0.4, 0.5) is 5.69 Å². The van der Waals surface area contributed by atoms with Crippen molar-refractivity contribution in [2.45, 2.75) is 25.9 Å². The normalized spacial score (nSPS) is 16.1. The number of nitrogens with one attached hydrogen (secondary N) is 1. The lowest BCUT2D eigenvalue weighted by Crippen LogP contribution is -2.52. The molecule has 2 heterocycles. The smallest absolute Gasteiger partial charge is 0.255 e. The van der Waals surface area contributed by atoms with E-state index in [2.05, 4.69) is 29.0 Å². The summed E-state index contributed by atoms with van der Waals surface area (Å²) in [6.07, 6.45) is 3.23. The Morgan fingerprint density at radius 1 is 1.00 bits per heavy atom. The van der Waals surface area contributed by atoms with Crippen LogP contribution in [0.1, 0.15) is 35.8 Å². The maximum absolute atomic E-state index is 12.7. The number of carbonyl (C=O) groups is 2. The van der Waals surface area contributed by atoms with Gasteiger partial charge in [0.2, 0.25) is 5.91 Å². The Hall–Kier alpha value is -2.77. The van der Waals surface area contributed by atoms with Crippen LogP contribution in [0.2, 0.25) is 0 Å². The maximum Gasteiger partial charge on any atom is 0.255 e. The van der Waals surface area contributed by atoms with Gasteiger partial charge in [0.15, 0.2) is 0 Å².